The maximum Gasteiger partial charge on any atom is 0.0717 e. The fourth-order valence-electron chi connectivity index (χ4n) is 1.34. The van der Waals surface area contributed by atoms with Gasteiger partial charge in [-0.25, -0.2) is 0 Å². The number of hydrogen-bond acceptors (Lipinski definition) is 2. The topological polar surface area (TPSA) is 21.3 Å². The van der Waals surface area contributed by atoms with Crippen molar-refractivity contribution in [3.63, 3.8) is 0 Å². The minimum atomic E-state index is 0.244. The smallest absolute Gasteiger partial charge is 0.0717 e. The van der Waals surface area contributed by atoms with E-state index < -0.39 is 0 Å². The van der Waals surface area contributed by atoms with Gasteiger partial charge < -0.3 is 10.1 Å². The molecule has 0 amide bonds. The van der Waals surface area contributed by atoms with E-state index in [4.69, 9.17) is 4.74 Å². The number of ether oxygens (including phenoxy) is 1. The van der Waals surface area contributed by atoms with Crippen molar-refractivity contribution < 1.29 is 4.74 Å². The predicted octanol–water partition coefficient (Wildman–Crippen LogP) is 2.37. The summed E-state index contributed by atoms with van der Waals surface area (Å²) in [4.78, 5) is 0. The summed E-state index contributed by atoms with van der Waals surface area (Å²) >= 11 is 0. The lowest BCUT2D eigenvalue weighted by Gasteiger charge is -2.16. The molecule has 1 N–H and O–H groups in total. The van der Waals surface area contributed by atoms with Crippen LogP contribution < -0.4 is 5.32 Å². The van der Waals surface area contributed by atoms with Gasteiger partial charge in [-0.05, 0) is 19.5 Å². The number of likely N-dealkylation sites (N-methyl/N-ethyl adjacent to an activating group) is 1. The average Bonchev–Trinajstić information content (AvgIpc) is 2.25. The van der Waals surface area contributed by atoms with E-state index in [1.807, 2.05) is 32.2 Å². The van der Waals surface area contributed by atoms with Crippen LogP contribution in [0.1, 0.15) is 12.5 Å². The zero-order valence-corrected chi connectivity index (χ0v) is 9.49. The maximum absolute atomic E-state index is 5.61. The molecule has 1 aromatic rings. The van der Waals surface area contributed by atoms with Gasteiger partial charge in [-0.15, -0.1) is 0 Å². The quantitative estimate of drug-likeness (QED) is 0.720. The fourth-order valence-corrected chi connectivity index (χ4v) is 1.34. The molecule has 15 heavy (non-hydrogen) atoms. The van der Waals surface area contributed by atoms with Crippen LogP contribution in [0.2, 0.25) is 0 Å². The standard InChI is InChI=1S/C13H19NO/c1-11(2)13(14-3)10-15-9-12-7-5-4-6-8-12/h4-8,13-14H,1,9-10H2,2-3H3/t13-/m1/s1. The maximum atomic E-state index is 5.61. The summed E-state index contributed by atoms with van der Waals surface area (Å²) in [5, 5.41) is 3.16. The van der Waals surface area contributed by atoms with E-state index in [1.165, 1.54) is 5.56 Å². The van der Waals surface area contributed by atoms with Crippen LogP contribution in [-0.4, -0.2) is 19.7 Å². The van der Waals surface area contributed by atoms with Gasteiger partial charge in [-0.2, -0.15) is 0 Å². The molecule has 0 fully saturated rings. The second-order valence-electron chi connectivity index (χ2n) is 3.69. The molecular formula is C13H19NO. The van der Waals surface area contributed by atoms with Crippen molar-refractivity contribution in [1.29, 1.82) is 0 Å². The zero-order valence-electron chi connectivity index (χ0n) is 9.49. The van der Waals surface area contributed by atoms with Crippen LogP contribution in [0.4, 0.5) is 0 Å². The molecule has 1 aromatic carbocycles. The first-order valence-corrected chi connectivity index (χ1v) is 5.18. The average molecular weight is 205 g/mol. The lowest BCUT2D eigenvalue weighted by atomic mass is 10.2. The molecule has 2 heteroatoms. The Labute approximate surface area is 92.0 Å². The van der Waals surface area contributed by atoms with Gasteiger partial charge in [0.05, 0.1) is 19.3 Å². The first kappa shape index (κ1) is 12.0. The molecule has 0 heterocycles. The summed E-state index contributed by atoms with van der Waals surface area (Å²) in [6.07, 6.45) is 0. The van der Waals surface area contributed by atoms with E-state index in [2.05, 4.69) is 24.0 Å². The summed E-state index contributed by atoms with van der Waals surface area (Å²) in [5.74, 6) is 0. The third kappa shape index (κ3) is 4.28. The van der Waals surface area contributed by atoms with Crippen LogP contribution >= 0.6 is 0 Å². The Morgan fingerprint density at radius 3 is 2.60 bits per heavy atom. The molecule has 0 aliphatic carbocycles. The molecule has 0 saturated carbocycles. The van der Waals surface area contributed by atoms with E-state index in [9.17, 15) is 0 Å². The molecule has 0 saturated heterocycles. The second-order valence-corrected chi connectivity index (χ2v) is 3.69. The minimum Gasteiger partial charge on any atom is -0.375 e. The van der Waals surface area contributed by atoms with E-state index >= 15 is 0 Å². The molecule has 0 bridgehead atoms. The van der Waals surface area contributed by atoms with Gasteiger partial charge in [0.1, 0.15) is 0 Å². The monoisotopic (exact) mass is 205 g/mol. The third-order valence-corrected chi connectivity index (χ3v) is 2.34. The SMILES string of the molecule is C=C(C)[C@@H](COCc1ccccc1)NC. The van der Waals surface area contributed by atoms with Gasteiger partial charge in [-0.3, -0.25) is 0 Å². The fraction of sp³-hybridized carbons (Fsp3) is 0.385. The van der Waals surface area contributed by atoms with Gasteiger partial charge >= 0.3 is 0 Å². The van der Waals surface area contributed by atoms with Crippen LogP contribution in [-0.2, 0) is 11.3 Å². The highest BCUT2D eigenvalue weighted by Gasteiger charge is 2.05. The molecule has 0 aliphatic rings. The van der Waals surface area contributed by atoms with Crippen molar-refractivity contribution in [3.05, 3.63) is 48.0 Å². The molecule has 1 rings (SSSR count). The molecule has 1 atom stereocenters. The van der Waals surface area contributed by atoms with Crippen LogP contribution in [0, 0.1) is 0 Å². The summed E-state index contributed by atoms with van der Waals surface area (Å²) in [6, 6.07) is 10.4. The Kier molecular flexibility index (Phi) is 5.08. The van der Waals surface area contributed by atoms with Gasteiger partial charge in [0.15, 0.2) is 0 Å². The van der Waals surface area contributed by atoms with Crippen LogP contribution in [0.15, 0.2) is 42.5 Å². The van der Waals surface area contributed by atoms with Crippen LogP contribution in [0.3, 0.4) is 0 Å². The molecule has 0 aromatic heterocycles. The van der Waals surface area contributed by atoms with E-state index in [1.54, 1.807) is 0 Å². The molecule has 2 nitrogen and oxygen atoms in total. The van der Waals surface area contributed by atoms with Crippen molar-refractivity contribution in [2.45, 2.75) is 19.6 Å². The highest BCUT2D eigenvalue weighted by molar-refractivity contribution is 5.13. The molecule has 0 unspecified atom stereocenters. The Morgan fingerprint density at radius 2 is 2.07 bits per heavy atom. The van der Waals surface area contributed by atoms with Gasteiger partial charge in [-0.1, -0.05) is 42.5 Å². The molecular weight excluding hydrogens is 186 g/mol. The summed E-state index contributed by atoms with van der Waals surface area (Å²) < 4.78 is 5.61. The molecule has 0 aliphatic heterocycles. The van der Waals surface area contributed by atoms with E-state index in [0.29, 0.717) is 13.2 Å². The van der Waals surface area contributed by atoms with Crippen molar-refractivity contribution in [1.82, 2.24) is 5.32 Å². The van der Waals surface area contributed by atoms with Gasteiger partial charge in [0, 0.05) is 0 Å². The first-order chi connectivity index (χ1) is 7.24. The molecule has 0 radical (unpaired) electrons. The van der Waals surface area contributed by atoms with Crippen molar-refractivity contribution in [2.75, 3.05) is 13.7 Å². The Balaban J connectivity index is 2.30. The summed E-state index contributed by atoms with van der Waals surface area (Å²) in [6.45, 7) is 7.24. The van der Waals surface area contributed by atoms with Crippen molar-refractivity contribution in [3.8, 4) is 0 Å². The van der Waals surface area contributed by atoms with E-state index in [-0.39, 0.29) is 6.04 Å². The number of hydrogen-bond donors (Lipinski definition) is 1. The minimum absolute atomic E-state index is 0.244. The third-order valence-electron chi connectivity index (χ3n) is 2.34. The summed E-state index contributed by atoms with van der Waals surface area (Å²) in [7, 11) is 1.92. The Morgan fingerprint density at radius 1 is 1.40 bits per heavy atom. The highest BCUT2D eigenvalue weighted by atomic mass is 16.5. The predicted molar refractivity (Wildman–Crippen MR) is 63.8 cm³/mol. The molecule has 0 spiro atoms. The normalized spacial score (nSPS) is 12.4. The van der Waals surface area contributed by atoms with Crippen molar-refractivity contribution >= 4 is 0 Å². The number of nitrogens with one attached hydrogen (secondary N) is 1. The van der Waals surface area contributed by atoms with Gasteiger partial charge in [0.2, 0.25) is 0 Å². The largest absolute Gasteiger partial charge is 0.375 e. The number of benzene rings is 1. The highest BCUT2D eigenvalue weighted by Crippen LogP contribution is 2.03. The zero-order chi connectivity index (χ0) is 11.1. The van der Waals surface area contributed by atoms with E-state index in [0.717, 1.165) is 5.57 Å². The lowest BCUT2D eigenvalue weighted by molar-refractivity contribution is 0.108. The second kappa shape index (κ2) is 6.38. The number of rotatable bonds is 6. The summed E-state index contributed by atoms with van der Waals surface area (Å²) in [5.41, 5.74) is 2.31. The van der Waals surface area contributed by atoms with Crippen LogP contribution in [0.25, 0.3) is 0 Å². The first-order valence-electron chi connectivity index (χ1n) is 5.18. The lowest BCUT2D eigenvalue weighted by Crippen LogP contribution is -2.31. The van der Waals surface area contributed by atoms with Gasteiger partial charge in [0.25, 0.3) is 0 Å². The Hall–Kier alpha value is -1.12. The van der Waals surface area contributed by atoms with Crippen molar-refractivity contribution in [2.24, 2.45) is 0 Å². The molecule has 82 valence electrons. The van der Waals surface area contributed by atoms with Crippen LogP contribution in [0.5, 0.6) is 0 Å². The Bertz CT molecular complexity index is 295.